The van der Waals surface area contributed by atoms with Gasteiger partial charge in [0.25, 0.3) is 0 Å². The second kappa shape index (κ2) is 9.20. The minimum atomic E-state index is -4.42. The Hall–Kier alpha value is -3.40. The molecule has 0 saturated carbocycles. The van der Waals surface area contributed by atoms with Crippen molar-refractivity contribution in [3.05, 3.63) is 65.7 Å². The van der Waals surface area contributed by atoms with E-state index >= 15 is 0 Å². The Kier molecular flexibility index (Phi) is 6.45. The summed E-state index contributed by atoms with van der Waals surface area (Å²) in [7, 11) is 0. The highest BCUT2D eigenvalue weighted by Crippen LogP contribution is 2.29. The first-order valence-corrected chi connectivity index (χ1v) is 8.68. The quantitative estimate of drug-likeness (QED) is 0.526. The van der Waals surface area contributed by atoms with Gasteiger partial charge in [-0.25, -0.2) is 0 Å². The number of ether oxygens (including phenoxy) is 1. The van der Waals surface area contributed by atoms with E-state index < -0.39 is 11.7 Å². The van der Waals surface area contributed by atoms with Crippen LogP contribution in [0.4, 0.5) is 25.1 Å². The summed E-state index contributed by atoms with van der Waals surface area (Å²) in [5.74, 6) is 0.783. The monoisotopic (exact) mass is 405 g/mol. The lowest BCUT2D eigenvalue weighted by Gasteiger charge is -2.11. The molecule has 0 saturated heterocycles. The van der Waals surface area contributed by atoms with E-state index in [1.807, 2.05) is 6.07 Å². The van der Waals surface area contributed by atoms with Gasteiger partial charge in [-0.1, -0.05) is 30.3 Å². The van der Waals surface area contributed by atoms with Crippen LogP contribution in [-0.4, -0.2) is 33.2 Å². The molecule has 0 atom stereocenters. The first-order chi connectivity index (χ1) is 13.9. The zero-order valence-corrected chi connectivity index (χ0v) is 15.1. The Balaban J connectivity index is 1.77. The number of alkyl halides is 3. The minimum Gasteiger partial charge on any atom is -0.424 e. The van der Waals surface area contributed by atoms with Crippen LogP contribution in [0.15, 0.2) is 54.6 Å². The average molecular weight is 405 g/mol. The molecule has 10 heteroatoms. The molecule has 3 rings (SSSR count). The van der Waals surface area contributed by atoms with Gasteiger partial charge in [-0.15, -0.1) is 0 Å². The molecule has 7 nitrogen and oxygen atoms in total. The molecule has 0 bridgehead atoms. The summed E-state index contributed by atoms with van der Waals surface area (Å²) in [5, 5.41) is 14.7. The van der Waals surface area contributed by atoms with E-state index in [1.54, 1.807) is 30.3 Å². The van der Waals surface area contributed by atoms with E-state index in [1.165, 1.54) is 6.07 Å². The van der Waals surface area contributed by atoms with Crippen molar-refractivity contribution < 1.29 is 23.0 Å². The molecule has 0 unspecified atom stereocenters. The molecule has 3 N–H and O–H groups in total. The van der Waals surface area contributed by atoms with E-state index in [0.717, 1.165) is 12.1 Å². The van der Waals surface area contributed by atoms with Crippen molar-refractivity contribution in [2.45, 2.75) is 12.7 Å². The Morgan fingerprint density at radius 3 is 2.31 bits per heavy atom. The van der Waals surface area contributed by atoms with Gasteiger partial charge in [0.1, 0.15) is 5.75 Å². The molecule has 1 aromatic heterocycles. The first kappa shape index (κ1) is 20.3. The molecule has 0 aliphatic rings. The van der Waals surface area contributed by atoms with Crippen LogP contribution in [0.3, 0.4) is 0 Å². The standard InChI is InChI=1S/C19H18F3N5O2/c20-19(21,22)14-6-4-5-13(11-14)12-24-17-25-16(23-9-10-28)26-18(27-17)29-15-7-2-1-3-8-15/h1-8,11,28H,9-10,12H2,(H2,23,24,25,26,27). The van der Waals surface area contributed by atoms with E-state index in [-0.39, 0.29) is 37.6 Å². The molecular weight excluding hydrogens is 387 g/mol. The predicted molar refractivity (Wildman–Crippen MR) is 101 cm³/mol. The smallest absolute Gasteiger partial charge is 0.416 e. The summed E-state index contributed by atoms with van der Waals surface area (Å²) < 4.78 is 44.2. The second-order valence-electron chi connectivity index (χ2n) is 5.88. The van der Waals surface area contributed by atoms with Crippen LogP contribution in [0.25, 0.3) is 0 Å². The summed E-state index contributed by atoms with van der Waals surface area (Å²) in [6.45, 7) is 0.146. The molecule has 0 fully saturated rings. The molecule has 0 radical (unpaired) electrons. The number of rotatable bonds is 8. The number of nitrogens with one attached hydrogen (secondary N) is 2. The van der Waals surface area contributed by atoms with Gasteiger partial charge < -0.3 is 20.5 Å². The Labute approximate surface area is 164 Å². The number of para-hydroxylation sites is 1. The Morgan fingerprint density at radius 2 is 1.62 bits per heavy atom. The molecule has 2 aromatic carbocycles. The highest BCUT2D eigenvalue weighted by Gasteiger charge is 2.30. The number of anilines is 2. The van der Waals surface area contributed by atoms with Gasteiger partial charge in [0, 0.05) is 13.1 Å². The molecule has 3 aromatic rings. The van der Waals surface area contributed by atoms with Gasteiger partial charge in [-0.05, 0) is 29.8 Å². The number of aliphatic hydroxyl groups is 1. The van der Waals surface area contributed by atoms with Crippen molar-refractivity contribution in [2.75, 3.05) is 23.8 Å². The maximum atomic E-state index is 12.9. The molecule has 0 aliphatic heterocycles. The number of hydrogen-bond donors (Lipinski definition) is 3. The van der Waals surface area contributed by atoms with Crippen molar-refractivity contribution >= 4 is 11.9 Å². The topological polar surface area (TPSA) is 92.2 Å². The lowest BCUT2D eigenvalue weighted by atomic mass is 10.1. The lowest BCUT2D eigenvalue weighted by Crippen LogP contribution is -2.13. The number of aliphatic hydroxyl groups excluding tert-OH is 1. The predicted octanol–water partition coefficient (Wildman–Crippen LogP) is 3.70. The third-order valence-corrected chi connectivity index (χ3v) is 3.67. The molecular formula is C19H18F3N5O2. The van der Waals surface area contributed by atoms with Crippen LogP contribution < -0.4 is 15.4 Å². The minimum absolute atomic E-state index is 0.00168. The van der Waals surface area contributed by atoms with E-state index in [4.69, 9.17) is 9.84 Å². The van der Waals surface area contributed by atoms with Crippen molar-refractivity contribution in [1.29, 1.82) is 0 Å². The summed E-state index contributed by atoms with van der Waals surface area (Å²) in [4.78, 5) is 12.4. The fourth-order valence-electron chi connectivity index (χ4n) is 2.36. The maximum Gasteiger partial charge on any atom is 0.416 e. The highest BCUT2D eigenvalue weighted by molar-refractivity contribution is 5.38. The Morgan fingerprint density at radius 1 is 0.897 bits per heavy atom. The van der Waals surface area contributed by atoms with Gasteiger partial charge in [0.2, 0.25) is 11.9 Å². The SMILES string of the molecule is OCCNc1nc(NCc2cccc(C(F)(F)F)c2)nc(Oc2ccccc2)n1. The molecule has 0 aliphatic carbocycles. The average Bonchev–Trinajstić information content (AvgIpc) is 2.71. The van der Waals surface area contributed by atoms with E-state index in [0.29, 0.717) is 11.3 Å². The van der Waals surface area contributed by atoms with Crippen molar-refractivity contribution in [2.24, 2.45) is 0 Å². The van der Waals surface area contributed by atoms with Crippen LogP contribution in [0.1, 0.15) is 11.1 Å². The summed E-state index contributed by atoms with van der Waals surface area (Å²) in [5.41, 5.74) is -0.318. The van der Waals surface area contributed by atoms with Gasteiger partial charge in [-0.3, -0.25) is 0 Å². The number of aromatic nitrogens is 3. The van der Waals surface area contributed by atoms with Crippen LogP contribution in [-0.2, 0) is 12.7 Å². The van der Waals surface area contributed by atoms with Crippen LogP contribution >= 0.6 is 0 Å². The number of halogens is 3. The fraction of sp³-hybridized carbons (Fsp3) is 0.211. The third kappa shape index (κ3) is 6.04. The molecule has 1 heterocycles. The van der Waals surface area contributed by atoms with Crippen molar-refractivity contribution in [3.8, 4) is 11.8 Å². The Bertz CT molecular complexity index is 939. The summed E-state index contributed by atoms with van der Waals surface area (Å²) in [6, 6.07) is 13.8. The summed E-state index contributed by atoms with van der Waals surface area (Å²) >= 11 is 0. The molecule has 0 amide bonds. The van der Waals surface area contributed by atoms with Crippen LogP contribution in [0.2, 0.25) is 0 Å². The normalized spacial score (nSPS) is 11.2. The van der Waals surface area contributed by atoms with Gasteiger partial charge >= 0.3 is 12.2 Å². The summed E-state index contributed by atoms with van der Waals surface area (Å²) in [6.07, 6.45) is -4.42. The highest BCUT2D eigenvalue weighted by atomic mass is 19.4. The zero-order valence-electron chi connectivity index (χ0n) is 15.1. The van der Waals surface area contributed by atoms with E-state index in [2.05, 4.69) is 25.6 Å². The van der Waals surface area contributed by atoms with E-state index in [9.17, 15) is 13.2 Å². The number of hydrogen-bond acceptors (Lipinski definition) is 7. The zero-order chi connectivity index (χ0) is 20.7. The molecule has 29 heavy (non-hydrogen) atoms. The lowest BCUT2D eigenvalue weighted by molar-refractivity contribution is -0.137. The second-order valence-corrected chi connectivity index (χ2v) is 5.88. The fourth-order valence-corrected chi connectivity index (χ4v) is 2.36. The number of benzene rings is 2. The maximum absolute atomic E-state index is 12.9. The van der Waals surface area contributed by atoms with Crippen LogP contribution in [0.5, 0.6) is 11.8 Å². The van der Waals surface area contributed by atoms with Gasteiger partial charge in [-0.2, -0.15) is 28.1 Å². The first-order valence-electron chi connectivity index (χ1n) is 8.68. The largest absolute Gasteiger partial charge is 0.424 e. The van der Waals surface area contributed by atoms with Gasteiger partial charge in [0.15, 0.2) is 0 Å². The third-order valence-electron chi connectivity index (χ3n) is 3.67. The van der Waals surface area contributed by atoms with Crippen molar-refractivity contribution in [1.82, 2.24) is 15.0 Å². The van der Waals surface area contributed by atoms with Crippen LogP contribution in [0, 0.1) is 0 Å². The molecule has 0 spiro atoms. The molecule has 152 valence electrons. The number of nitrogens with zero attached hydrogens (tertiary/aromatic N) is 3. The van der Waals surface area contributed by atoms with Crippen molar-refractivity contribution in [3.63, 3.8) is 0 Å². The van der Waals surface area contributed by atoms with Gasteiger partial charge in [0.05, 0.1) is 12.2 Å².